The molecule has 0 spiro atoms. The Morgan fingerprint density at radius 3 is 2.36 bits per heavy atom. The zero-order chi connectivity index (χ0) is 10.8. The first kappa shape index (κ1) is 11.9. The Hall–Kier alpha value is -0.130. The third kappa shape index (κ3) is 2.46. The first-order valence-corrected chi connectivity index (χ1v) is 6.71. The van der Waals surface area contributed by atoms with Gasteiger partial charge in [-0.2, -0.15) is 0 Å². The molecule has 84 valence electrons. The molecule has 1 aliphatic carbocycles. The van der Waals surface area contributed by atoms with Crippen molar-refractivity contribution in [1.29, 1.82) is 0 Å². The number of sulfonamides is 1. The van der Waals surface area contributed by atoms with Crippen molar-refractivity contribution in [3.63, 3.8) is 0 Å². The second kappa shape index (κ2) is 4.16. The van der Waals surface area contributed by atoms with Gasteiger partial charge in [0.2, 0.25) is 10.0 Å². The monoisotopic (exact) mass is 220 g/mol. The minimum atomic E-state index is -3.22. The van der Waals surface area contributed by atoms with E-state index in [4.69, 9.17) is 5.73 Å². The Labute approximate surface area is 86.3 Å². The molecule has 1 rings (SSSR count). The minimum absolute atomic E-state index is 0.196. The van der Waals surface area contributed by atoms with Crippen LogP contribution in [0.15, 0.2) is 0 Å². The molecule has 0 saturated heterocycles. The lowest BCUT2D eigenvalue weighted by Crippen LogP contribution is -2.54. The third-order valence-corrected chi connectivity index (χ3v) is 5.18. The molecule has 0 radical (unpaired) electrons. The molecule has 14 heavy (non-hydrogen) atoms. The number of nitrogens with one attached hydrogen (secondary N) is 1. The summed E-state index contributed by atoms with van der Waals surface area (Å²) >= 11 is 0. The molecule has 0 heterocycles. The first-order chi connectivity index (χ1) is 6.43. The van der Waals surface area contributed by atoms with Crippen molar-refractivity contribution in [1.82, 2.24) is 4.72 Å². The van der Waals surface area contributed by atoms with Gasteiger partial charge >= 0.3 is 0 Å². The van der Waals surface area contributed by atoms with Gasteiger partial charge in [-0.25, -0.2) is 13.1 Å². The van der Waals surface area contributed by atoms with E-state index in [1.54, 1.807) is 0 Å². The fourth-order valence-corrected chi connectivity index (χ4v) is 3.50. The van der Waals surface area contributed by atoms with E-state index in [-0.39, 0.29) is 12.1 Å². The van der Waals surface area contributed by atoms with Gasteiger partial charge in [-0.05, 0) is 32.6 Å². The molecule has 0 aliphatic heterocycles. The molecule has 1 atom stereocenters. The SMILES string of the molecule is CCC(CN)S(=O)(=O)NC1(C)CCC1. The lowest BCUT2D eigenvalue weighted by Gasteiger charge is -2.39. The van der Waals surface area contributed by atoms with Gasteiger partial charge in [0.25, 0.3) is 0 Å². The van der Waals surface area contributed by atoms with E-state index < -0.39 is 15.3 Å². The lowest BCUT2D eigenvalue weighted by molar-refractivity contribution is 0.247. The molecule has 1 saturated carbocycles. The van der Waals surface area contributed by atoms with Crippen LogP contribution in [0, 0.1) is 0 Å². The average Bonchev–Trinajstić information content (AvgIpc) is 2.02. The van der Waals surface area contributed by atoms with Gasteiger partial charge in [0.05, 0.1) is 5.25 Å². The highest BCUT2D eigenvalue weighted by molar-refractivity contribution is 7.90. The van der Waals surface area contributed by atoms with Gasteiger partial charge < -0.3 is 5.73 Å². The molecule has 0 bridgehead atoms. The van der Waals surface area contributed by atoms with Gasteiger partial charge in [0.1, 0.15) is 0 Å². The average molecular weight is 220 g/mol. The van der Waals surface area contributed by atoms with Gasteiger partial charge in [-0.15, -0.1) is 0 Å². The van der Waals surface area contributed by atoms with Crippen molar-refractivity contribution in [2.45, 2.75) is 50.3 Å². The highest BCUT2D eigenvalue weighted by Crippen LogP contribution is 2.32. The molecule has 3 N–H and O–H groups in total. The Balaban J connectivity index is 2.65. The summed E-state index contributed by atoms with van der Waals surface area (Å²) < 4.78 is 26.4. The summed E-state index contributed by atoms with van der Waals surface area (Å²) in [6.07, 6.45) is 3.56. The summed E-state index contributed by atoms with van der Waals surface area (Å²) in [5.74, 6) is 0. The molecular formula is C9H20N2O2S. The summed E-state index contributed by atoms with van der Waals surface area (Å²) in [4.78, 5) is 0. The van der Waals surface area contributed by atoms with Crippen LogP contribution in [-0.2, 0) is 10.0 Å². The minimum Gasteiger partial charge on any atom is -0.329 e. The van der Waals surface area contributed by atoms with Crippen molar-refractivity contribution >= 4 is 10.0 Å². The zero-order valence-corrected chi connectivity index (χ0v) is 9.73. The predicted molar refractivity (Wildman–Crippen MR) is 57.4 cm³/mol. The Morgan fingerprint density at radius 1 is 1.50 bits per heavy atom. The van der Waals surface area contributed by atoms with E-state index >= 15 is 0 Å². The zero-order valence-electron chi connectivity index (χ0n) is 8.91. The summed E-state index contributed by atoms with van der Waals surface area (Å²) in [5.41, 5.74) is 5.22. The van der Waals surface area contributed by atoms with Crippen LogP contribution < -0.4 is 10.5 Å². The van der Waals surface area contributed by atoms with Crippen LogP contribution >= 0.6 is 0 Å². The van der Waals surface area contributed by atoms with Crippen LogP contribution in [0.2, 0.25) is 0 Å². The van der Waals surface area contributed by atoms with Crippen LogP contribution in [0.1, 0.15) is 39.5 Å². The van der Waals surface area contributed by atoms with E-state index in [0.717, 1.165) is 19.3 Å². The van der Waals surface area contributed by atoms with Crippen LogP contribution in [0.4, 0.5) is 0 Å². The fourth-order valence-electron chi connectivity index (χ4n) is 1.75. The summed E-state index contributed by atoms with van der Waals surface area (Å²) in [6.45, 7) is 4.00. The molecule has 1 aliphatic rings. The molecule has 0 aromatic rings. The standard InChI is InChI=1S/C9H20N2O2S/c1-3-8(7-10)14(12,13)11-9(2)5-4-6-9/h8,11H,3-7,10H2,1-2H3. The molecule has 0 amide bonds. The second-order valence-corrected chi connectivity index (χ2v) is 6.29. The normalized spacial score (nSPS) is 22.8. The van der Waals surface area contributed by atoms with E-state index in [1.165, 1.54) is 0 Å². The maximum Gasteiger partial charge on any atom is 0.216 e. The second-order valence-electron chi connectivity index (χ2n) is 4.33. The van der Waals surface area contributed by atoms with Crippen LogP contribution in [-0.4, -0.2) is 25.8 Å². The molecule has 1 fully saturated rings. The number of nitrogens with two attached hydrogens (primary N) is 1. The smallest absolute Gasteiger partial charge is 0.216 e. The molecule has 1 unspecified atom stereocenters. The fraction of sp³-hybridized carbons (Fsp3) is 1.00. The quantitative estimate of drug-likeness (QED) is 0.712. The van der Waals surface area contributed by atoms with Crippen LogP contribution in [0.3, 0.4) is 0 Å². The highest BCUT2D eigenvalue weighted by Gasteiger charge is 2.37. The molecular weight excluding hydrogens is 200 g/mol. The molecule has 0 aromatic heterocycles. The third-order valence-electron chi connectivity index (χ3n) is 3.00. The maximum atomic E-state index is 11.8. The maximum absolute atomic E-state index is 11.8. The largest absolute Gasteiger partial charge is 0.329 e. The van der Waals surface area contributed by atoms with Crippen molar-refractivity contribution in [2.75, 3.05) is 6.54 Å². The number of hydrogen-bond donors (Lipinski definition) is 2. The highest BCUT2D eigenvalue weighted by atomic mass is 32.2. The predicted octanol–water partition coefficient (Wildman–Crippen LogP) is 0.586. The van der Waals surface area contributed by atoms with E-state index in [2.05, 4.69) is 4.72 Å². The van der Waals surface area contributed by atoms with E-state index in [0.29, 0.717) is 6.42 Å². The Morgan fingerprint density at radius 2 is 2.07 bits per heavy atom. The van der Waals surface area contributed by atoms with Crippen molar-refractivity contribution in [2.24, 2.45) is 5.73 Å². The summed E-state index contributed by atoms with van der Waals surface area (Å²) in [5, 5.41) is -0.445. The van der Waals surface area contributed by atoms with Gasteiger partial charge in [0.15, 0.2) is 0 Å². The van der Waals surface area contributed by atoms with Crippen LogP contribution in [0.5, 0.6) is 0 Å². The van der Waals surface area contributed by atoms with E-state index in [9.17, 15) is 8.42 Å². The van der Waals surface area contributed by atoms with Gasteiger partial charge in [-0.1, -0.05) is 6.92 Å². The summed E-state index contributed by atoms with van der Waals surface area (Å²) in [7, 11) is -3.22. The van der Waals surface area contributed by atoms with Crippen molar-refractivity contribution < 1.29 is 8.42 Å². The Kier molecular flexibility index (Phi) is 3.55. The van der Waals surface area contributed by atoms with Gasteiger partial charge in [-0.3, -0.25) is 0 Å². The number of rotatable bonds is 5. The van der Waals surface area contributed by atoms with E-state index in [1.807, 2.05) is 13.8 Å². The lowest BCUT2D eigenvalue weighted by atomic mass is 9.80. The summed E-state index contributed by atoms with van der Waals surface area (Å²) in [6, 6.07) is 0. The van der Waals surface area contributed by atoms with Crippen molar-refractivity contribution in [3.8, 4) is 0 Å². The number of hydrogen-bond acceptors (Lipinski definition) is 3. The Bertz CT molecular complexity index is 279. The topological polar surface area (TPSA) is 72.2 Å². The molecule has 4 nitrogen and oxygen atoms in total. The van der Waals surface area contributed by atoms with Gasteiger partial charge in [0, 0.05) is 12.1 Å². The van der Waals surface area contributed by atoms with Crippen LogP contribution in [0.25, 0.3) is 0 Å². The van der Waals surface area contributed by atoms with Crippen molar-refractivity contribution in [3.05, 3.63) is 0 Å². The molecule has 0 aromatic carbocycles. The molecule has 5 heteroatoms. The first-order valence-electron chi connectivity index (χ1n) is 5.16.